The maximum absolute atomic E-state index is 12.3. The largest absolute Gasteiger partial charge is 0.453 e. The van der Waals surface area contributed by atoms with Crippen LogP contribution in [0.15, 0.2) is 29.6 Å². The van der Waals surface area contributed by atoms with E-state index in [0.29, 0.717) is 12.3 Å². The first-order valence-electron chi connectivity index (χ1n) is 8.89. The van der Waals surface area contributed by atoms with Gasteiger partial charge in [0.15, 0.2) is 10.7 Å². The number of para-hydroxylation sites is 1. The number of aryl methyl sites for hydroxylation is 1. The maximum Gasteiger partial charge on any atom is 0.310 e. The first-order chi connectivity index (χ1) is 11.9. The van der Waals surface area contributed by atoms with Crippen molar-refractivity contribution in [3.63, 3.8) is 0 Å². The Bertz CT molecular complexity index is 756. The van der Waals surface area contributed by atoms with E-state index in [1.807, 2.05) is 30.5 Å². The zero-order valence-electron chi connectivity index (χ0n) is 15.3. The molecule has 0 bridgehead atoms. The van der Waals surface area contributed by atoms with Gasteiger partial charge in [-0.25, -0.2) is 4.98 Å². The van der Waals surface area contributed by atoms with Crippen LogP contribution in [-0.2, 0) is 15.1 Å². The lowest BCUT2D eigenvalue weighted by molar-refractivity contribution is -0.150. The monoisotopic (exact) mass is 358 g/mol. The minimum atomic E-state index is -0.610. The molecule has 1 fully saturated rings. The molecule has 0 saturated carbocycles. The van der Waals surface area contributed by atoms with Crippen LogP contribution >= 0.6 is 11.3 Å². The fourth-order valence-electron chi connectivity index (χ4n) is 3.21. The Morgan fingerprint density at radius 2 is 2.16 bits per heavy atom. The van der Waals surface area contributed by atoms with Crippen molar-refractivity contribution in [2.75, 3.05) is 5.32 Å². The molecule has 25 heavy (non-hydrogen) atoms. The Morgan fingerprint density at radius 1 is 1.40 bits per heavy atom. The van der Waals surface area contributed by atoms with Crippen molar-refractivity contribution < 1.29 is 9.53 Å². The summed E-state index contributed by atoms with van der Waals surface area (Å²) in [4.78, 5) is 17.0. The van der Waals surface area contributed by atoms with Crippen molar-refractivity contribution in [1.82, 2.24) is 4.98 Å². The Kier molecular flexibility index (Phi) is 5.13. The van der Waals surface area contributed by atoms with Gasteiger partial charge in [-0.1, -0.05) is 38.5 Å². The molecule has 3 rings (SSSR count). The smallest absolute Gasteiger partial charge is 0.310 e. The SMILES string of the molecule is Cc1ccccc1Nc1nc(C2(C)CC(CCC(C)C)C(=O)O2)cs1. The molecule has 2 aromatic rings. The summed E-state index contributed by atoms with van der Waals surface area (Å²) in [6.45, 7) is 8.41. The number of cyclic esters (lactones) is 1. The molecule has 0 amide bonds. The van der Waals surface area contributed by atoms with E-state index in [1.54, 1.807) is 11.3 Å². The van der Waals surface area contributed by atoms with E-state index in [2.05, 4.69) is 32.2 Å². The van der Waals surface area contributed by atoms with Gasteiger partial charge < -0.3 is 10.1 Å². The second-order valence-electron chi connectivity index (χ2n) is 7.50. The number of aromatic nitrogens is 1. The lowest BCUT2D eigenvalue weighted by Gasteiger charge is -2.20. The molecule has 4 nitrogen and oxygen atoms in total. The number of rotatable bonds is 6. The normalized spacial score (nSPS) is 23.1. The van der Waals surface area contributed by atoms with Gasteiger partial charge in [-0.2, -0.15) is 0 Å². The van der Waals surface area contributed by atoms with E-state index in [9.17, 15) is 4.79 Å². The molecule has 1 N–H and O–H groups in total. The van der Waals surface area contributed by atoms with Crippen molar-refractivity contribution in [3.05, 3.63) is 40.9 Å². The third-order valence-electron chi connectivity index (χ3n) is 4.82. The molecule has 134 valence electrons. The van der Waals surface area contributed by atoms with Crippen molar-refractivity contribution in [1.29, 1.82) is 0 Å². The summed E-state index contributed by atoms with van der Waals surface area (Å²) in [7, 11) is 0. The molecule has 0 aliphatic carbocycles. The number of benzene rings is 1. The van der Waals surface area contributed by atoms with Gasteiger partial charge in [0.25, 0.3) is 0 Å². The number of carbonyl (C=O) groups is 1. The molecule has 0 radical (unpaired) electrons. The molecule has 1 aromatic carbocycles. The molecule has 2 unspecified atom stereocenters. The van der Waals surface area contributed by atoms with Crippen molar-refractivity contribution in [2.45, 2.75) is 52.6 Å². The van der Waals surface area contributed by atoms with E-state index in [0.717, 1.165) is 29.4 Å². The molecule has 5 heteroatoms. The summed E-state index contributed by atoms with van der Waals surface area (Å²) in [6, 6.07) is 8.12. The van der Waals surface area contributed by atoms with Crippen molar-refractivity contribution in [3.8, 4) is 0 Å². The fraction of sp³-hybridized carbons (Fsp3) is 0.500. The lowest BCUT2D eigenvalue weighted by Crippen LogP contribution is -2.21. The van der Waals surface area contributed by atoms with Gasteiger partial charge in [0, 0.05) is 17.5 Å². The average Bonchev–Trinajstić information content (AvgIpc) is 3.13. The Labute approximate surface area is 153 Å². The summed E-state index contributed by atoms with van der Waals surface area (Å²) in [5, 5.41) is 6.19. The van der Waals surface area contributed by atoms with Gasteiger partial charge in [0.05, 0.1) is 11.6 Å². The van der Waals surface area contributed by atoms with Crippen LogP contribution in [0.4, 0.5) is 10.8 Å². The van der Waals surface area contributed by atoms with Crippen LogP contribution in [0.25, 0.3) is 0 Å². The highest BCUT2D eigenvalue weighted by Crippen LogP contribution is 2.42. The summed E-state index contributed by atoms with van der Waals surface area (Å²) in [6.07, 6.45) is 2.66. The van der Waals surface area contributed by atoms with E-state index in [-0.39, 0.29) is 11.9 Å². The summed E-state index contributed by atoms with van der Waals surface area (Å²) in [5.41, 5.74) is 2.45. The molecule has 1 saturated heterocycles. The van der Waals surface area contributed by atoms with Crippen LogP contribution in [0.5, 0.6) is 0 Å². The zero-order chi connectivity index (χ0) is 18.0. The standard InChI is InChI=1S/C20H26N2O2S/c1-13(2)9-10-15-11-20(4,24-18(15)23)17-12-25-19(22-17)21-16-8-6-5-7-14(16)3/h5-8,12-13,15H,9-11H2,1-4H3,(H,21,22). The summed E-state index contributed by atoms with van der Waals surface area (Å²) < 4.78 is 5.74. The quantitative estimate of drug-likeness (QED) is 0.702. The Hall–Kier alpha value is -1.88. The molecule has 0 spiro atoms. The summed E-state index contributed by atoms with van der Waals surface area (Å²) in [5.74, 6) is 0.510. The molecule has 1 aliphatic rings. The predicted molar refractivity (Wildman–Crippen MR) is 102 cm³/mol. The van der Waals surface area contributed by atoms with Crippen LogP contribution in [0.1, 0.15) is 51.3 Å². The van der Waals surface area contributed by atoms with Gasteiger partial charge in [0.1, 0.15) is 0 Å². The fourth-order valence-corrected chi connectivity index (χ4v) is 4.06. The maximum atomic E-state index is 12.3. The van der Waals surface area contributed by atoms with Gasteiger partial charge in [-0.05, 0) is 37.8 Å². The van der Waals surface area contributed by atoms with Gasteiger partial charge >= 0.3 is 5.97 Å². The van der Waals surface area contributed by atoms with E-state index in [1.165, 1.54) is 5.56 Å². The number of nitrogens with one attached hydrogen (secondary N) is 1. The number of nitrogens with zero attached hydrogens (tertiary/aromatic N) is 1. The molecule has 2 heterocycles. The minimum absolute atomic E-state index is 0.0122. The number of hydrogen-bond acceptors (Lipinski definition) is 5. The third-order valence-corrected chi connectivity index (χ3v) is 5.58. The van der Waals surface area contributed by atoms with E-state index in [4.69, 9.17) is 9.72 Å². The number of ether oxygens (including phenoxy) is 1. The first-order valence-corrected chi connectivity index (χ1v) is 9.77. The molecular weight excluding hydrogens is 332 g/mol. The second kappa shape index (κ2) is 7.16. The molecule has 1 aliphatic heterocycles. The average molecular weight is 359 g/mol. The number of hydrogen-bond donors (Lipinski definition) is 1. The van der Waals surface area contributed by atoms with Crippen molar-refractivity contribution in [2.24, 2.45) is 11.8 Å². The van der Waals surface area contributed by atoms with E-state index >= 15 is 0 Å². The Balaban J connectivity index is 1.71. The molecular formula is C20H26N2O2S. The van der Waals surface area contributed by atoms with Crippen LogP contribution in [0.2, 0.25) is 0 Å². The lowest BCUT2D eigenvalue weighted by atomic mass is 9.89. The van der Waals surface area contributed by atoms with Gasteiger partial charge in [0.2, 0.25) is 0 Å². The predicted octanol–water partition coefficient (Wildman–Crippen LogP) is 5.41. The van der Waals surface area contributed by atoms with E-state index < -0.39 is 5.60 Å². The van der Waals surface area contributed by atoms with Gasteiger partial charge in [-0.3, -0.25) is 4.79 Å². The van der Waals surface area contributed by atoms with Crippen LogP contribution in [0.3, 0.4) is 0 Å². The number of esters is 1. The highest BCUT2D eigenvalue weighted by atomic mass is 32.1. The number of carbonyl (C=O) groups excluding carboxylic acids is 1. The highest BCUT2D eigenvalue weighted by Gasteiger charge is 2.45. The molecule has 2 atom stereocenters. The van der Waals surface area contributed by atoms with Crippen LogP contribution < -0.4 is 5.32 Å². The molecule has 1 aromatic heterocycles. The Morgan fingerprint density at radius 3 is 2.88 bits per heavy atom. The topological polar surface area (TPSA) is 51.2 Å². The van der Waals surface area contributed by atoms with Crippen molar-refractivity contribution >= 4 is 28.1 Å². The minimum Gasteiger partial charge on any atom is -0.453 e. The highest BCUT2D eigenvalue weighted by molar-refractivity contribution is 7.13. The van der Waals surface area contributed by atoms with Gasteiger partial charge in [-0.15, -0.1) is 11.3 Å². The first kappa shape index (κ1) is 17.9. The third kappa shape index (κ3) is 4.03. The second-order valence-corrected chi connectivity index (χ2v) is 8.36. The number of thiazole rings is 1. The van der Waals surface area contributed by atoms with Crippen LogP contribution in [0, 0.1) is 18.8 Å². The van der Waals surface area contributed by atoms with Crippen LogP contribution in [-0.4, -0.2) is 11.0 Å². The number of anilines is 2. The zero-order valence-corrected chi connectivity index (χ0v) is 16.2. The summed E-state index contributed by atoms with van der Waals surface area (Å²) >= 11 is 1.55.